The zero-order valence-corrected chi connectivity index (χ0v) is 16.5. The summed E-state index contributed by atoms with van der Waals surface area (Å²) < 4.78 is 7.19. The second-order valence-corrected chi connectivity index (χ2v) is 8.24. The van der Waals surface area contributed by atoms with Gasteiger partial charge in [0.2, 0.25) is 0 Å². The highest BCUT2D eigenvalue weighted by molar-refractivity contribution is 7.22. The van der Waals surface area contributed by atoms with Crippen molar-refractivity contribution in [2.45, 2.75) is 37.8 Å². The predicted octanol–water partition coefficient (Wildman–Crippen LogP) is 4.59. The number of aromatic amines is 1. The molecule has 1 saturated carbocycles. The van der Waals surface area contributed by atoms with Gasteiger partial charge in [-0.3, -0.25) is 10.1 Å². The largest absolute Gasteiger partial charge is 0.457 e. The summed E-state index contributed by atoms with van der Waals surface area (Å²) in [6.45, 7) is 0. The molecule has 2 atom stereocenters. The van der Waals surface area contributed by atoms with Crippen LogP contribution >= 0.6 is 11.3 Å². The number of pyridine rings is 1. The molecule has 1 fully saturated rings. The Hall–Kier alpha value is -2.97. The van der Waals surface area contributed by atoms with E-state index in [0.29, 0.717) is 5.75 Å². The first kappa shape index (κ1) is 18.1. The molecule has 1 aromatic carbocycles. The zero-order chi connectivity index (χ0) is 19.6. The lowest BCUT2D eigenvalue weighted by molar-refractivity contribution is 0.116. The molecule has 0 unspecified atom stereocenters. The summed E-state index contributed by atoms with van der Waals surface area (Å²) in [5.74, 6) is 1.45. The maximum absolute atomic E-state index is 10.2. The Bertz CT molecular complexity index is 1110. The molecule has 0 bridgehead atoms. The minimum absolute atomic E-state index is 0.0781. The number of ether oxygens (including phenoxy) is 1. The Labute approximate surface area is 171 Å². The van der Waals surface area contributed by atoms with Crippen molar-refractivity contribution in [1.29, 1.82) is 0 Å². The van der Waals surface area contributed by atoms with E-state index >= 15 is 0 Å². The van der Waals surface area contributed by atoms with Crippen molar-refractivity contribution >= 4 is 26.7 Å². The van der Waals surface area contributed by atoms with Crippen molar-refractivity contribution in [2.75, 3.05) is 5.32 Å². The highest BCUT2D eigenvalue weighted by Gasteiger charge is 2.23. The molecule has 3 aromatic heterocycles. The van der Waals surface area contributed by atoms with E-state index in [1.54, 1.807) is 29.9 Å². The van der Waals surface area contributed by atoms with Crippen molar-refractivity contribution < 1.29 is 9.84 Å². The Morgan fingerprint density at radius 1 is 1.17 bits per heavy atom. The molecule has 1 aliphatic rings. The minimum Gasteiger partial charge on any atom is -0.457 e. The Morgan fingerprint density at radius 3 is 2.97 bits per heavy atom. The van der Waals surface area contributed by atoms with Crippen LogP contribution in [0.2, 0.25) is 0 Å². The van der Waals surface area contributed by atoms with E-state index < -0.39 is 0 Å². The van der Waals surface area contributed by atoms with Gasteiger partial charge in [0.1, 0.15) is 11.5 Å². The van der Waals surface area contributed by atoms with Gasteiger partial charge in [-0.25, -0.2) is 4.98 Å². The number of fused-ring (bicyclic) bond motifs is 1. The molecule has 148 valence electrons. The van der Waals surface area contributed by atoms with Crippen LogP contribution in [0.4, 0.5) is 5.13 Å². The van der Waals surface area contributed by atoms with Crippen molar-refractivity contribution in [3.63, 3.8) is 0 Å². The number of aromatic nitrogens is 4. The smallest absolute Gasteiger partial charge is 0.184 e. The first-order valence-electron chi connectivity index (χ1n) is 9.72. The van der Waals surface area contributed by atoms with Crippen LogP contribution in [0.25, 0.3) is 21.3 Å². The second-order valence-electron chi connectivity index (χ2n) is 7.21. The second kappa shape index (κ2) is 7.81. The van der Waals surface area contributed by atoms with Crippen LogP contribution in [0, 0.1) is 0 Å². The van der Waals surface area contributed by atoms with Gasteiger partial charge in [0.25, 0.3) is 0 Å². The summed E-state index contributed by atoms with van der Waals surface area (Å²) in [5, 5.41) is 21.3. The number of thiazole rings is 1. The molecule has 8 heteroatoms. The monoisotopic (exact) mass is 407 g/mol. The summed E-state index contributed by atoms with van der Waals surface area (Å²) in [6, 6.07) is 7.80. The molecular formula is C21H21N5O2S. The summed E-state index contributed by atoms with van der Waals surface area (Å²) in [4.78, 5) is 8.87. The molecule has 3 N–H and O–H groups in total. The molecule has 0 radical (unpaired) electrons. The van der Waals surface area contributed by atoms with E-state index in [1.807, 2.05) is 30.5 Å². The van der Waals surface area contributed by atoms with Gasteiger partial charge in [0, 0.05) is 35.8 Å². The van der Waals surface area contributed by atoms with Gasteiger partial charge < -0.3 is 15.2 Å². The van der Waals surface area contributed by atoms with E-state index in [2.05, 4.69) is 25.5 Å². The maximum Gasteiger partial charge on any atom is 0.184 e. The van der Waals surface area contributed by atoms with E-state index in [4.69, 9.17) is 4.74 Å². The van der Waals surface area contributed by atoms with Crippen LogP contribution in [0.3, 0.4) is 0 Å². The average Bonchev–Trinajstić information content (AvgIpc) is 3.39. The molecule has 0 spiro atoms. The number of H-pyrrole nitrogens is 1. The van der Waals surface area contributed by atoms with Crippen LogP contribution in [-0.2, 0) is 0 Å². The molecule has 4 aromatic rings. The number of hydrogen-bond donors (Lipinski definition) is 3. The van der Waals surface area contributed by atoms with Gasteiger partial charge in [-0.15, -0.1) is 0 Å². The summed E-state index contributed by atoms with van der Waals surface area (Å²) in [5.41, 5.74) is 2.71. The number of nitrogens with one attached hydrogen (secondary N) is 2. The minimum atomic E-state index is -0.303. The SMILES string of the molecule is O[C@@H]1CCCC[C@H]1Nc1nc2ccc(Oc3ccncc3-c3cn[nH]c3)cc2s1. The Kier molecular flexibility index (Phi) is 4.87. The first-order valence-corrected chi connectivity index (χ1v) is 10.5. The lowest BCUT2D eigenvalue weighted by atomic mass is 9.93. The van der Waals surface area contributed by atoms with E-state index in [-0.39, 0.29) is 12.1 Å². The number of hydrogen-bond acceptors (Lipinski definition) is 7. The number of aliphatic hydroxyl groups excluding tert-OH is 1. The predicted molar refractivity (Wildman–Crippen MR) is 113 cm³/mol. The standard InChI is InChI=1S/C21H21N5O2S/c27-18-4-2-1-3-16(18)25-21-26-17-6-5-14(9-20(17)29-21)28-19-7-8-22-12-15(19)13-10-23-24-11-13/h5-12,16,18,27H,1-4H2,(H,23,24)(H,25,26)/t16-,18-/m1/s1. The quantitative estimate of drug-likeness (QED) is 0.448. The van der Waals surface area contributed by atoms with E-state index in [1.165, 1.54) is 0 Å². The molecule has 29 heavy (non-hydrogen) atoms. The molecule has 5 rings (SSSR count). The summed E-state index contributed by atoms with van der Waals surface area (Å²) >= 11 is 1.58. The third-order valence-electron chi connectivity index (χ3n) is 5.22. The van der Waals surface area contributed by atoms with Crippen LogP contribution in [0.15, 0.2) is 49.1 Å². The lowest BCUT2D eigenvalue weighted by Gasteiger charge is -2.27. The van der Waals surface area contributed by atoms with Crippen molar-refractivity contribution in [2.24, 2.45) is 0 Å². The van der Waals surface area contributed by atoms with Gasteiger partial charge in [-0.1, -0.05) is 24.2 Å². The molecular weight excluding hydrogens is 386 g/mol. The van der Waals surface area contributed by atoms with Gasteiger partial charge in [-0.05, 0) is 31.0 Å². The Balaban J connectivity index is 1.38. The molecule has 0 amide bonds. The van der Waals surface area contributed by atoms with Crippen LogP contribution < -0.4 is 10.1 Å². The number of aliphatic hydroxyl groups is 1. The lowest BCUT2D eigenvalue weighted by Crippen LogP contribution is -2.36. The fraction of sp³-hybridized carbons (Fsp3) is 0.286. The van der Waals surface area contributed by atoms with Gasteiger partial charge >= 0.3 is 0 Å². The average molecular weight is 407 g/mol. The molecule has 0 saturated heterocycles. The highest BCUT2D eigenvalue weighted by Crippen LogP contribution is 2.35. The van der Waals surface area contributed by atoms with Gasteiger partial charge in [-0.2, -0.15) is 5.10 Å². The third-order valence-corrected chi connectivity index (χ3v) is 6.17. The molecule has 0 aliphatic heterocycles. The Morgan fingerprint density at radius 2 is 2.10 bits per heavy atom. The van der Waals surface area contributed by atoms with E-state index in [9.17, 15) is 5.11 Å². The van der Waals surface area contributed by atoms with Crippen LogP contribution in [0.1, 0.15) is 25.7 Å². The number of benzene rings is 1. The van der Waals surface area contributed by atoms with Crippen molar-refractivity contribution in [3.8, 4) is 22.6 Å². The molecule has 1 aliphatic carbocycles. The van der Waals surface area contributed by atoms with E-state index in [0.717, 1.165) is 57.9 Å². The summed E-state index contributed by atoms with van der Waals surface area (Å²) in [7, 11) is 0. The summed E-state index contributed by atoms with van der Waals surface area (Å²) in [6.07, 6.45) is 10.8. The van der Waals surface area contributed by atoms with Crippen molar-refractivity contribution in [3.05, 3.63) is 49.1 Å². The van der Waals surface area contributed by atoms with Gasteiger partial charge in [0.15, 0.2) is 5.13 Å². The fourth-order valence-corrected chi connectivity index (χ4v) is 4.64. The third kappa shape index (κ3) is 3.81. The molecule has 3 heterocycles. The first-order chi connectivity index (χ1) is 14.3. The zero-order valence-electron chi connectivity index (χ0n) is 15.7. The normalized spacial score (nSPS) is 19.3. The van der Waals surface area contributed by atoms with Crippen molar-refractivity contribution in [1.82, 2.24) is 20.2 Å². The highest BCUT2D eigenvalue weighted by atomic mass is 32.1. The van der Waals surface area contributed by atoms with Crippen LogP contribution in [-0.4, -0.2) is 37.4 Å². The number of rotatable bonds is 5. The fourth-order valence-electron chi connectivity index (χ4n) is 3.68. The topological polar surface area (TPSA) is 95.9 Å². The number of anilines is 1. The molecule has 7 nitrogen and oxygen atoms in total. The maximum atomic E-state index is 10.2. The van der Waals surface area contributed by atoms with Crippen LogP contribution in [0.5, 0.6) is 11.5 Å². The number of nitrogens with zero attached hydrogens (tertiary/aromatic N) is 3. The van der Waals surface area contributed by atoms with Gasteiger partial charge in [0.05, 0.1) is 28.6 Å².